The Labute approximate surface area is 195 Å². The van der Waals surface area contributed by atoms with Crippen molar-refractivity contribution in [2.75, 3.05) is 26.2 Å². The lowest BCUT2D eigenvalue weighted by Crippen LogP contribution is -2.51. The summed E-state index contributed by atoms with van der Waals surface area (Å²) in [4.78, 5) is 27.9. The normalized spacial score (nSPS) is 25.6. The number of hydrogen-bond acceptors (Lipinski definition) is 4. The second kappa shape index (κ2) is 10.1. The number of carbonyl (C=O) groups is 2. The molecule has 1 aliphatic carbocycles. The van der Waals surface area contributed by atoms with Crippen molar-refractivity contribution >= 4 is 33.4 Å². The second-order valence-corrected chi connectivity index (χ2v) is 11.6. The molecule has 1 N–H and O–H groups in total. The topological polar surface area (TPSA) is 86.8 Å². The van der Waals surface area contributed by atoms with Gasteiger partial charge in [-0.05, 0) is 50.7 Å². The van der Waals surface area contributed by atoms with Gasteiger partial charge in [0.05, 0.1) is 16.9 Å². The summed E-state index contributed by atoms with van der Waals surface area (Å²) >= 11 is 6.14. The summed E-state index contributed by atoms with van der Waals surface area (Å²) in [7, 11) is -3.76. The Morgan fingerprint density at radius 3 is 2.34 bits per heavy atom. The van der Waals surface area contributed by atoms with Crippen LogP contribution in [0.15, 0.2) is 29.2 Å². The fourth-order valence-electron chi connectivity index (χ4n) is 5.19. The smallest absolute Gasteiger partial charge is 0.244 e. The van der Waals surface area contributed by atoms with E-state index in [1.54, 1.807) is 23.1 Å². The molecule has 3 aliphatic rings. The average Bonchev–Trinajstić information content (AvgIpc) is 3.32. The van der Waals surface area contributed by atoms with E-state index in [0.717, 1.165) is 38.5 Å². The molecule has 32 heavy (non-hydrogen) atoms. The maximum absolute atomic E-state index is 13.3. The van der Waals surface area contributed by atoms with Gasteiger partial charge in [-0.15, -0.1) is 0 Å². The molecule has 2 heterocycles. The van der Waals surface area contributed by atoms with Crippen LogP contribution in [-0.4, -0.2) is 61.7 Å². The van der Waals surface area contributed by atoms with Crippen LogP contribution in [0.5, 0.6) is 0 Å². The molecule has 2 atom stereocenters. The van der Waals surface area contributed by atoms with Crippen LogP contribution in [0.25, 0.3) is 0 Å². The number of carbonyl (C=O) groups excluding carboxylic acids is 2. The van der Waals surface area contributed by atoms with Gasteiger partial charge in [-0.3, -0.25) is 9.59 Å². The van der Waals surface area contributed by atoms with E-state index in [1.165, 1.54) is 10.4 Å². The third-order valence-corrected chi connectivity index (χ3v) is 9.36. The molecule has 2 saturated heterocycles. The first-order valence-electron chi connectivity index (χ1n) is 11.7. The van der Waals surface area contributed by atoms with Gasteiger partial charge in [0.15, 0.2) is 0 Å². The van der Waals surface area contributed by atoms with Crippen molar-refractivity contribution in [3.8, 4) is 0 Å². The lowest BCUT2D eigenvalue weighted by Gasteiger charge is -2.37. The first kappa shape index (κ1) is 23.5. The van der Waals surface area contributed by atoms with Gasteiger partial charge < -0.3 is 10.2 Å². The minimum absolute atomic E-state index is 0.0394. The Kier molecular flexibility index (Phi) is 7.42. The molecule has 176 valence electrons. The highest BCUT2D eigenvalue weighted by Gasteiger charge is 2.38. The lowest BCUT2D eigenvalue weighted by atomic mass is 9.93. The summed E-state index contributed by atoms with van der Waals surface area (Å²) in [5.41, 5.74) is 0. The van der Waals surface area contributed by atoms with Crippen LogP contribution in [0, 0.1) is 11.8 Å². The quantitative estimate of drug-likeness (QED) is 0.700. The first-order valence-corrected chi connectivity index (χ1v) is 13.5. The number of nitrogens with zero attached hydrogens (tertiary/aromatic N) is 2. The number of amides is 2. The van der Waals surface area contributed by atoms with E-state index < -0.39 is 15.9 Å². The number of benzene rings is 1. The Morgan fingerprint density at radius 2 is 1.59 bits per heavy atom. The fraction of sp³-hybridized carbons (Fsp3) is 0.652. The number of hydrogen-bond donors (Lipinski definition) is 1. The van der Waals surface area contributed by atoms with E-state index in [4.69, 9.17) is 11.6 Å². The predicted octanol–water partition coefficient (Wildman–Crippen LogP) is 3.04. The van der Waals surface area contributed by atoms with E-state index in [1.807, 2.05) is 0 Å². The van der Waals surface area contributed by atoms with Crippen LogP contribution in [0.1, 0.15) is 51.4 Å². The largest absolute Gasteiger partial charge is 0.353 e. The zero-order chi connectivity index (χ0) is 22.7. The van der Waals surface area contributed by atoms with Gasteiger partial charge >= 0.3 is 0 Å². The molecule has 2 aliphatic heterocycles. The third-order valence-electron chi connectivity index (χ3n) is 6.99. The molecule has 1 aromatic rings. The van der Waals surface area contributed by atoms with Crippen molar-refractivity contribution in [3.63, 3.8) is 0 Å². The Balaban J connectivity index is 1.39. The van der Waals surface area contributed by atoms with E-state index in [0.29, 0.717) is 32.5 Å². The van der Waals surface area contributed by atoms with Crippen molar-refractivity contribution in [1.29, 1.82) is 0 Å². The van der Waals surface area contributed by atoms with Crippen molar-refractivity contribution in [2.24, 2.45) is 11.8 Å². The van der Waals surface area contributed by atoms with Crippen LogP contribution in [0.2, 0.25) is 5.02 Å². The predicted molar refractivity (Wildman–Crippen MR) is 123 cm³/mol. The van der Waals surface area contributed by atoms with Gasteiger partial charge in [0.1, 0.15) is 4.90 Å². The van der Waals surface area contributed by atoms with E-state index in [9.17, 15) is 18.0 Å². The SMILES string of the molecule is O=C(NC1CCCC1)C1CCCN(C(=O)C2CCCN(S(=O)(=O)c3ccccc3Cl)C2)C1. The van der Waals surface area contributed by atoms with Crippen LogP contribution < -0.4 is 5.32 Å². The number of sulfonamides is 1. The highest BCUT2D eigenvalue weighted by Crippen LogP contribution is 2.30. The number of halogens is 1. The van der Waals surface area contributed by atoms with Gasteiger partial charge in [-0.2, -0.15) is 4.31 Å². The minimum atomic E-state index is -3.76. The molecular weight excluding hydrogens is 450 g/mol. The maximum Gasteiger partial charge on any atom is 0.244 e. The Hall–Kier alpha value is -1.64. The average molecular weight is 482 g/mol. The van der Waals surface area contributed by atoms with Crippen LogP contribution >= 0.6 is 11.6 Å². The fourth-order valence-corrected chi connectivity index (χ4v) is 7.21. The molecule has 1 aromatic carbocycles. The van der Waals surface area contributed by atoms with Gasteiger partial charge in [-0.25, -0.2) is 8.42 Å². The molecule has 0 bridgehead atoms. The minimum Gasteiger partial charge on any atom is -0.353 e. The molecule has 9 heteroatoms. The summed E-state index contributed by atoms with van der Waals surface area (Å²) in [6.07, 6.45) is 7.27. The molecule has 2 amide bonds. The standard InChI is InChI=1S/C23H32ClN3O4S/c24-20-11-3-4-12-21(20)32(30,31)27-14-6-8-18(16-27)23(29)26-13-5-7-17(15-26)22(28)25-19-9-1-2-10-19/h3-4,11-12,17-19H,1-2,5-10,13-16H2,(H,25,28). The lowest BCUT2D eigenvalue weighted by molar-refractivity contribution is -0.140. The summed E-state index contributed by atoms with van der Waals surface area (Å²) < 4.78 is 27.6. The number of piperidine rings is 2. The van der Waals surface area contributed by atoms with Gasteiger partial charge in [0.2, 0.25) is 21.8 Å². The van der Waals surface area contributed by atoms with Crippen molar-refractivity contribution in [3.05, 3.63) is 29.3 Å². The Bertz CT molecular complexity index is 948. The van der Waals surface area contributed by atoms with Crippen LogP contribution in [-0.2, 0) is 19.6 Å². The number of nitrogens with one attached hydrogen (secondary N) is 1. The zero-order valence-corrected chi connectivity index (χ0v) is 19.9. The number of likely N-dealkylation sites (tertiary alicyclic amines) is 1. The van der Waals surface area contributed by atoms with Crippen LogP contribution in [0.4, 0.5) is 0 Å². The first-order chi connectivity index (χ1) is 15.4. The number of rotatable bonds is 5. The van der Waals surface area contributed by atoms with Crippen molar-refractivity contribution in [1.82, 2.24) is 14.5 Å². The summed E-state index contributed by atoms with van der Waals surface area (Å²) in [6.45, 7) is 1.58. The summed E-state index contributed by atoms with van der Waals surface area (Å²) in [5.74, 6) is -0.555. The molecule has 0 spiro atoms. The molecule has 2 unspecified atom stereocenters. The molecule has 3 fully saturated rings. The summed E-state index contributed by atoms with van der Waals surface area (Å²) in [6, 6.07) is 6.68. The highest BCUT2D eigenvalue weighted by atomic mass is 35.5. The molecule has 0 radical (unpaired) electrons. The maximum atomic E-state index is 13.3. The third kappa shape index (κ3) is 5.13. The van der Waals surface area contributed by atoms with E-state index >= 15 is 0 Å². The molecule has 0 aromatic heterocycles. The van der Waals surface area contributed by atoms with Crippen molar-refractivity contribution in [2.45, 2.75) is 62.3 Å². The second-order valence-electron chi connectivity index (χ2n) is 9.25. The monoisotopic (exact) mass is 481 g/mol. The van der Waals surface area contributed by atoms with Crippen LogP contribution in [0.3, 0.4) is 0 Å². The van der Waals surface area contributed by atoms with Gasteiger partial charge in [0, 0.05) is 32.2 Å². The van der Waals surface area contributed by atoms with E-state index in [-0.39, 0.29) is 40.2 Å². The Morgan fingerprint density at radius 1 is 0.906 bits per heavy atom. The van der Waals surface area contributed by atoms with Gasteiger partial charge in [-0.1, -0.05) is 36.6 Å². The molecule has 7 nitrogen and oxygen atoms in total. The molecular formula is C23H32ClN3O4S. The summed E-state index contributed by atoms with van der Waals surface area (Å²) in [5, 5.41) is 3.35. The molecule has 1 saturated carbocycles. The highest BCUT2D eigenvalue weighted by molar-refractivity contribution is 7.89. The van der Waals surface area contributed by atoms with Gasteiger partial charge in [0.25, 0.3) is 0 Å². The van der Waals surface area contributed by atoms with Crippen molar-refractivity contribution < 1.29 is 18.0 Å². The molecule has 4 rings (SSSR count). The zero-order valence-electron chi connectivity index (χ0n) is 18.3. The van der Waals surface area contributed by atoms with E-state index in [2.05, 4.69) is 5.32 Å².